The molecular formula is C11H17NO. The second-order valence-corrected chi connectivity index (χ2v) is 3.04. The zero-order chi connectivity index (χ0) is 10.3. The van der Waals surface area contributed by atoms with E-state index in [1.165, 1.54) is 0 Å². The van der Waals surface area contributed by atoms with Crippen molar-refractivity contribution in [3.63, 3.8) is 0 Å². The predicted molar refractivity (Wildman–Crippen MR) is 56.6 cm³/mol. The highest BCUT2D eigenvalue weighted by molar-refractivity contribution is 5.98. The topological polar surface area (TPSA) is 29.1 Å². The van der Waals surface area contributed by atoms with Gasteiger partial charge in [-0.05, 0) is 20.4 Å². The Labute approximate surface area is 80.0 Å². The molecule has 0 aromatic rings. The van der Waals surface area contributed by atoms with Crippen LogP contribution in [0.3, 0.4) is 0 Å². The minimum absolute atomic E-state index is 0.0282. The van der Waals surface area contributed by atoms with Crippen LogP contribution in [0.2, 0.25) is 0 Å². The highest BCUT2D eigenvalue weighted by Crippen LogP contribution is 2.00. The Bertz CT molecular complexity index is 238. The second kappa shape index (κ2) is 6.38. The Hall–Kier alpha value is -1.15. The summed E-state index contributed by atoms with van der Waals surface area (Å²) in [5, 5.41) is 2.79. The Kier molecular flexibility index (Phi) is 5.81. The molecule has 0 atom stereocenters. The Morgan fingerprint density at radius 3 is 2.54 bits per heavy atom. The molecule has 2 nitrogen and oxygen atoms in total. The standard InChI is InChI=1S/C11H17NO/c1-9(2)6-5-7-10(3)11(13)8-12-4/h5,7,12H,1,3,6,8H2,2,4H3. The van der Waals surface area contributed by atoms with E-state index in [-0.39, 0.29) is 5.78 Å². The molecule has 0 saturated heterocycles. The molecule has 0 radical (unpaired) electrons. The van der Waals surface area contributed by atoms with Crippen LogP contribution >= 0.6 is 0 Å². The maximum absolute atomic E-state index is 11.2. The molecule has 0 rings (SSSR count). The molecule has 0 aliphatic heterocycles. The normalized spacial score (nSPS) is 10.3. The fourth-order valence-corrected chi connectivity index (χ4v) is 0.769. The summed E-state index contributed by atoms with van der Waals surface area (Å²) < 4.78 is 0. The van der Waals surface area contributed by atoms with Crippen LogP contribution in [0.1, 0.15) is 13.3 Å². The van der Waals surface area contributed by atoms with Crippen LogP contribution in [0.25, 0.3) is 0 Å². The summed E-state index contributed by atoms with van der Waals surface area (Å²) in [4.78, 5) is 11.2. The average molecular weight is 179 g/mol. The largest absolute Gasteiger partial charge is 0.313 e. The highest BCUT2D eigenvalue weighted by Gasteiger charge is 2.00. The van der Waals surface area contributed by atoms with Crippen molar-refractivity contribution < 1.29 is 4.79 Å². The maximum Gasteiger partial charge on any atom is 0.175 e. The third kappa shape index (κ3) is 6.05. The Morgan fingerprint density at radius 2 is 2.08 bits per heavy atom. The molecular weight excluding hydrogens is 162 g/mol. The molecule has 13 heavy (non-hydrogen) atoms. The van der Waals surface area contributed by atoms with Crippen LogP contribution in [-0.2, 0) is 4.79 Å². The van der Waals surface area contributed by atoms with Crippen LogP contribution < -0.4 is 5.32 Å². The SMILES string of the molecule is C=C(C)CC=CC(=C)C(=O)CNC. The Balaban J connectivity index is 3.92. The smallest absolute Gasteiger partial charge is 0.175 e. The molecule has 0 heterocycles. The molecule has 0 aromatic heterocycles. The van der Waals surface area contributed by atoms with Crippen molar-refractivity contribution in [1.82, 2.24) is 5.32 Å². The Morgan fingerprint density at radius 1 is 1.46 bits per heavy atom. The summed E-state index contributed by atoms with van der Waals surface area (Å²) in [6.45, 7) is 9.71. The van der Waals surface area contributed by atoms with E-state index in [4.69, 9.17) is 0 Å². The van der Waals surface area contributed by atoms with Gasteiger partial charge in [0.05, 0.1) is 6.54 Å². The van der Waals surface area contributed by atoms with Gasteiger partial charge in [0.2, 0.25) is 0 Å². The van der Waals surface area contributed by atoms with Gasteiger partial charge in [-0.15, -0.1) is 0 Å². The third-order valence-corrected chi connectivity index (χ3v) is 1.48. The van der Waals surface area contributed by atoms with Crippen LogP contribution in [0.4, 0.5) is 0 Å². The van der Waals surface area contributed by atoms with Crippen molar-refractivity contribution in [3.8, 4) is 0 Å². The van der Waals surface area contributed by atoms with E-state index in [1.54, 1.807) is 13.1 Å². The van der Waals surface area contributed by atoms with Gasteiger partial charge in [0.1, 0.15) is 0 Å². The number of Topliss-reactive ketones (excluding diaryl/α,β-unsaturated/α-hetero) is 1. The van der Waals surface area contributed by atoms with E-state index in [2.05, 4.69) is 18.5 Å². The number of hydrogen-bond donors (Lipinski definition) is 1. The monoisotopic (exact) mass is 179 g/mol. The van der Waals surface area contributed by atoms with E-state index in [1.807, 2.05) is 13.0 Å². The van der Waals surface area contributed by atoms with Crippen molar-refractivity contribution in [2.45, 2.75) is 13.3 Å². The van der Waals surface area contributed by atoms with Crippen molar-refractivity contribution >= 4 is 5.78 Å². The van der Waals surface area contributed by atoms with Crippen LogP contribution in [-0.4, -0.2) is 19.4 Å². The van der Waals surface area contributed by atoms with E-state index < -0.39 is 0 Å². The second-order valence-electron chi connectivity index (χ2n) is 3.04. The minimum atomic E-state index is 0.0282. The average Bonchev–Trinajstić information content (AvgIpc) is 2.04. The minimum Gasteiger partial charge on any atom is -0.313 e. The molecule has 0 amide bonds. The highest BCUT2D eigenvalue weighted by atomic mass is 16.1. The predicted octanol–water partition coefficient (Wildman–Crippen LogP) is 1.85. The van der Waals surface area contributed by atoms with Crippen molar-refractivity contribution in [2.24, 2.45) is 0 Å². The van der Waals surface area contributed by atoms with E-state index in [9.17, 15) is 4.79 Å². The van der Waals surface area contributed by atoms with Gasteiger partial charge in [0.25, 0.3) is 0 Å². The van der Waals surface area contributed by atoms with Gasteiger partial charge in [-0.1, -0.05) is 30.9 Å². The molecule has 0 bridgehead atoms. The van der Waals surface area contributed by atoms with E-state index in [0.717, 1.165) is 12.0 Å². The summed E-state index contributed by atoms with van der Waals surface area (Å²) >= 11 is 0. The molecule has 2 heteroatoms. The molecule has 0 aromatic carbocycles. The van der Waals surface area contributed by atoms with Crippen molar-refractivity contribution in [2.75, 3.05) is 13.6 Å². The quantitative estimate of drug-likeness (QED) is 0.383. The lowest BCUT2D eigenvalue weighted by molar-refractivity contribution is -0.114. The lowest BCUT2D eigenvalue weighted by Gasteiger charge is -1.97. The molecule has 0 fully saturated rings. The first-order valence-corrected chi connectivity index (χ1v) is 4.25. The van der Waals surface area contributed by atoms with Gasteiger partial charge < -0.3 is 5.32 Å². The first-order valence-electron chi connectivity index (χ1n) is 4.25. The number of rotatable bonds is 6. The zero-order valence-corrected chi connectivity index (χ0v) is 8.39. The lowest BCUT2D eigenvalue weighted by Crippen LogP contribution is -2.18. The zero-order valence-electron chi connectivity index (χ0n) is 8.39. The molecule has 1 N–H and O–H groups in total. The number of carbonyl (C=O) groups excluding carboxylic acids is 1. The summed E-state index contributed by atoms with van der Waals surface area (Å²) in [7, 11) is 1.74. The molecule has 0 saturated carbocycles. The first-order chi connectivity index (χ1) is 6.07. The number of nitrogens with one attached hydrogen (secondary N) is 1. The molecule has 0 aliphatic carbocycles. The first kappa shape index (κ1) is 11.8. The van der Waals surface area contributed by atoms with Gasteiger partial charge in [-0.2, -0.15) is 0 Å². The van der Waals surface area contributed by atoms with Crippen LogP contribution in [0, 0.1) is 0 Å². The van der Waals surface area contributed by atoms with Gasteiger partial charge in [-0.25, -0.2) is 0 Å². The fourth-order valence-electron chi connectivity index (χ4n) is 0.769. The number of carbonyl (C=O) groups is 1. The van der Waals surface area contributed by atoms with Crippen LogP contribution in [0.15, 0.2) is 36.5 Å². The third-order valence-electron chi connectivity index (χ3n) is 1.48. The lowest BCUT2D eigenvalue weighted by atomic mass is 10.1. The summed E-state index contributed by atoms with van der Waals surface area (Å²) in [5.74, 6) is 0.0282. The molecule has 0 unspecified atom stereocenters. The molecule has 72 valence electrons. The van der Waals surface area contributed by atoms with Gasteiger partial charge in [0.15, 0.2) is 5.78 Å². The van der Waals surface area contributed by atoms with E-state index >= 15 is 0 Å². The maximum atomic E-state index is 11.2. The van der Waals surface area contributed by atoms with Gasteiger partial charge >= 0.3 is 0 Å². The number of likely N-dealkylation sites (N-methyl/N-ethyl adjacent to an activating group) is 1. The van der Waals surface area contributed by atoms with Crippen molar-refractivity contribution in [3.05, 3.63) is 36.5 Å². The van der Waals surface area contributed by atoms with Gasteiger partial charge in [0, 0.05) is 5.57 Å². The van der Waals surface area contributed by atoms with Gasteiger partial charge in [-0.3, -0.25) is 4.79 Å². The molecule has 0 aliphatic rings. The summed E-state index contributed by atoms with van der Waals surface area (Å²) in [5.41, 5.74) is 1.61. The number of hydrogen-bond acceptors (Lipinski definition) is 2. The van der Waals surface area contributed by atoms with Crippen molar-refractivity contribution in [1.29, 1.82) is 0 Å². The summed E-state index contributed by atoms with van der Waals surface area (Å²) in [6, 6.07) is 0. The molecule has 0 spiro atoms. The van der Waals surface area contributed by atoms with Crippen LogP contribution in [0.5, 0.6) is 0 Å². The fraction of sp³-hybridized carbons (Fsp3) is 0.364. The number of allylic oxidation sites excluding steroid dienone is 3. The number of ketones is 1. The summed E-state index contributed by atoms with van der Waals surface area (Å²) in [6.07, 6.45) is 4.44. The van der Waals surface area contributed by atoms with E-state index in [0.29, 0.717) is 12.1 Å².